The molecule has 214 valence electrons. The monoisotopic (exact) mass is 538 g/mol. The van der Waals surface area contributed by atoms with Crippen molar-refractivity contribution in [2.24, 2.45) is 0 Å². The SMILES string of the molecule is CCCN(CCC)CCCc1c(C(=O)O)cc2oc3cc(C(=O)O)ccc3c2c1CCCN(CCC)CCC. The molecule has 2 N–H and O–H groups in total. The first kappa shape index (κ1) is 30.6. The molecule has 1 heterocycles. The Labute approximate surface area is 232 Å². The van der Waals surface area contributed by atoms with E-state index in [0.29, 0.717) is 23.2 Å². The lowest BCUT2D eigenvalue weighted by Gasteiger charge is -2.23. The summed E-state index contributed by atoms with van der Waals surface area (Å²) < 4.78 is 6.10. The average Bonchev–Trinajstić information content (AvgIpc) is 3.27. The van der Waals surface area contributed by atoms with Gasteiger partial charge in [-0.15, -0.1) is 0 Å². The van der Waals surface area contributed by atoms with Crippen LogP contribution in [-0.4, -0.2) is 71.2 Å². The average molecular weight is 539 g/mol. The number of aromatic carboxylic acids is 2. The smallest absolute Gasteiger partial charge is 0.336 e. The van der Waals surface area contributed by atoms with Crippen LogP contribution in [0.3, 0.4) is 0 Å². The Kier molecular flexibility index (Phi) is 11.8. The number of carbonyl (C=O) groups is 2. The van der Waals surface area contributed by atoms with E-state index in [4.69, 9.17) is 4.42 Å². The molecule has 0 saturated heterocycles. The van der Waals surface area contributed by atoms with Crippen molar-refractivity contribution in [2.45, 2.75) is 79.1 Å². The van der Waals surface area contributed by atoms with Crippen LogP contribution in [0.4, 0.5) is 0 Å². The topological polar surface area (TPSA) is 94.2 Å². The molecule has 3 aromatic rings. The van der Waals surface area contributed by atoms with Gasteiger partial charge in [0.05, 0.1) is 11.1 Å². The minimum Gasteiger partial charge on any atom is -0.478 e. The van der Waals surface area contributed by atoms with Crippen molar-refractivity contribution in [1.82, 2.24) is 9.80 Å². The highest BCUT2D eigenvalue weighted by Crippen LogP contribution is 2.37. The van der Waals surface area contributed by atoms with Crippen molar-refractivity contribution in [3.8, 4) is 0 Å². The molecule has 0 bridgehead atoms. The third-order valence-corrected chi connectivity index (χ3v) is 7.42. The standard InChI is InChI=1S/C32H46N2O5/c1-5-15-33(16-6-2)19-9-11-24-25(12-10-20-34(17-7-3)18-8-4)30-26-14-13-23(31(35)36)21-28(26)39-29(30)22-27(24)32(37)38/h13-14,21-22H,5-12,15-20H2,1-4H3,(H,35,36)(H,37,38). The van der Waals surface area contributed by atoms with Gasteiger partial charge in [0.15, 0.2) is 0 Å². The van der Waals surface area contributed by atoms with Crippen LogP contribution in [0.15, 0.2) is 28.7 Å². The second-order valence-corrected chi connectivity index (χ2v) is 10.6. The molecule has 0 atom stereocenters. The number of furan rings is 1. The molecule has 39 heavy (non-hydrogen) atoms. The molecule has 0 aliphatic carbocycles. The largest absolute Gasteiger partial charge is 0.478 e. The van der Waals surface area contributed by atoms with Crippen molar-refractivity contribution in [3.63, 3.8) is 0 Å². The number of nitrogens with zero attached hydrogens (tertiary/aromatic N) is 2. The summed E-state index contributed by atoms with van der Waals surface area (Å²) in [6.07, 6.45) is 7.65. The maximum atomic E-state index is 12.5. The van der Waals surface area contributed by atoms with Crippen molar-refractivity contribution >= 4 is 33.9 Å². The second kappa shape index (κ2) is 15.0. The molecule has 0 spiro atoms. The van der Waals surface area contributed by atoms with Crippen molar-refractivity contribution in [2.75, 3.05) is 39.3 Å². The van der Waals surface area contributed by atoms with Crippen LogP contribution in [0.25, 0.3) is 21.9 Å². The van der Waals surface area contributed by atoms with E-state index in [1.165, 1.54) is 0 Å². The minimum atomic E-state index is -1.01. The van der Waals surface area contributed by atoms with Crippen LogP contribution in [0.1, 0.15) is 98.1 Å². The molecular formula is C32H46N2O5. The number of aryl methyl sites for hydroxylation is 1. The highest BCUT2D eigenvalue weighted by molar-refractivity contribution is 6.10. The fraction of sp³-hybridized carbons (Fsp3) is 0.562. The van der Waals surface area contributed by atoms with E-state index in [-0.39, 0.29) is 5.56 Å². The molecule has 0 unspecified atom stereocenters. The number of rotatable bonds is 18. The Balaban J connectivity index is 2.06. The molecule has 1 aromatic heterocycles. The van der Waals surface area contributed by atoms with Gasteiger partial charge in [-0.3, -0.25) is 0 Å². The molecule has 0 amide bonds. The molecule has 0 fully saturated rings. The van der Waals surface area contributed by atoms with Gasteiger partial charge in [0, 0.05) is 10.8 Å². The van der Waals surface area contributed by atoms with Crippen LogP contribution < -0.4 is 0 Å². The van der Waals surface area contributed by atoms with E-state index in [2.05, 4.69) is 37.5 Å². The number of hydrogen-bond acceptors (Lipinski definition) is 5. The van der Waals surface area contributed by atoms with Crippen molar-refractivity contribution < 1.29 is 24.2 Å². The number of carboxylic acid groups (broad SMARTS) is 2. The molecule has 0 aliphatic rings. The van der Waals surface area contributed by atoms with Gasteiger partial charge >= 0.3 is 11.9 Å². The van der Waals surface area contributed by atoms with Gasteiger partial charge in [-0.05, 0) is 126 Å². The third-order valence-electron chi connectivity index (χ3n) is 7.42. The summed E-state index contributed by atoms with van der Waals surface area (Å²) in [5, 5.41) is 21.5. The Bertz CT molecular complexity index is 1240. The van der Waals surface area contributed by atoms with Crippen LogP contribution in [0.2, 0.25) is 0 Å². The summed E-state index contributed by atoms with van der Waals surface area (Å²) in [6, 6.07) is 6.60. The first-order valence-corrected chi connectivity index (χ1v) is 14.8. The van der Waals surface area contributed by atoms with Gasteiger partial charge in [-0.1, -0.05) is 27.7 Å². The minimum absolute atomic E-state index is 0.156. The zero-order valence-corrected chi connectivity index (χ0v) is 24.2. The number of hydrogen-bond donors (Lipinski definition) is 2. The van der Waals surface area contributed by atoms with Crippen molar-refractivity contribution in [1.29, 1.82) is 0 Å². The predicted octanol–water partition coefficient (Wildman–Crippen LogP) is 7.09. The second-order valence-electron chi connectivity index (χ2n) is 10.6. The van der Waals surface area contributed by atoms with E-state index in [1.54, 1.807) is 18.2 Å². The zero-order valence-electron chi connectivity index (χ0n) is 24.2. The van der Waals surface area contributed by atoms with Crippen molar-refractivity contribution in [3.05, 3.63) is 46.5 Å². The number of benzene rings is 2. The molecule has 2 aromatic carbocycles. The summed E-state index contributed by atoms with van der Waals surface area (Å²) in [7, 11) is 0. The van der Waals surface area contributed by atoms with E-state index in [0.717, 1.165) is 106 Å². The predicted molar refractivity (Wildman–Crippen MR) is 158 cm³/mol. The van der Waals surface area contributed by atoms with Gasteiger partial charge < -0.3 is 24.4 Å². The first-order valence-electron chi connectivity index (χ1n) is 14.8. The van der Waals surface area contributed by atoms with Gasteiger partial charge in [0.2, 0.25) is 0 Å². The maximum Gasteiger partial charge on any atom is 0.336 e. The Morgan fingerprint density at radius 2 is 1.23 bits per heavy atom. The lowest BCUT2D eigenvalue weighted by molar-refractivity contribution is 0.0685. The molecule has 0 saturated carbocycles. The zero-order chi connectivity index (χ0) is 28.4. The first-order chi connectivity index (χ1) is 18.8. The molecule has 0 radical (unpaired) electrons. The number of fused-ring (bicyclic) bond motifs is 3. The lowest BCUT2D eigenvalue weighted by Crippen LogP contribution is -2.27. The van der Waals surface area contributed by atoms with Gasteiger partial charge in [0.25, 0.3) is 0 Å². The molecular weight excluding hydrogens is 492 g/mol. The molecule has 7 nitrogen and oxygen atoms in total. The van der Waals surface area contributed by atoms with Crippen LogP contribution in [0, 0.1) is 0 Å². The van der Waals surface area contributed by atoms with E-state index >= 15 is 0 Å². The lowest BCUT2D eigenvalue weighted by atomic mass is 9.89. The molecule has 3 rings (SSSR count). The van der Waals surface area contributed by atoms with Gasteiger partial charge in [0.1, 0.15) is 11.2 Å². The van der Waals surface area contributed by atoms with Crippen LogP contribution in [0.5, 0.6) is 0 Å². The summed E-state index contributed by atoms with van der Waals surface area (Å²) >= 11 is 0. The van der Waals surface area contributed by atoms with Crippen LogP contribution >= 0.6 is 0 Å². The summed E-state index contributed by atoms with van der Waals surface area (Å²) in [6.45, 7) is 14.9. The van der Waals surface area contributed by atoms with Gasteiger partial charge in [-0.25, -0.2) is 9.59 Å². The van der Waals surface area contributed by atoms with E-state index in [9.17, 15) is 19.8 Å². The summed E-state index contributed by atoms with van der Waals surface area (Å²) in [4.78, 5) is 29.0. The number of carboxylic acids is 2. The Morgan fingerprint density at radius 1 is 0.692 bits per heavy atom. The Hall–Kier alpha value is -2.90. The quantitative estimate of drug-likeness (QED) is 0.178. The third kappa shape index (κ3) is 7.83. The van der Waals surface area contributed by atoms with Gasteiger partial charge in [-0.2, -0.15) is 0 Å². The van der Waals surface area contributed by atoms with E-state index in [1.807, 2.05) is 6.07 Å². The highest BCUT2D eigenvalue weighted by atomic mass is 16.4. The highest BCUT2D eigenvalue weighted by Gasteiger charge is 2.23. The Morgan fingerprint density at radius 3 is 1.72 bits per heavy atom. The fourth-order valence-corrected chi connectivity index (χ4v) is 5.84. The summed E-state index contributed by atoms with van der Waals surface area (Å²) in [5.74, 6) is -1.96. The van der Waals surface area contributed by atoms with Crippen LogP contribution in [-0.2, 0) is 12.8 Å². The normalized spacial score (nSPS) is 11.8. The fourth-order valence-electron chi connectivity index (χ4n) is 5.84. The van der Waals surface area contributed by atoms with E-state index < -0.39 is 11.9 Å². The molecule has 7 heteroatoms. The summed E-state index contributed by atoms with van der Waals surface area (Å²) in [5.41, 5.74) is 3.38. The maximum absolute atomic E-state index is 12.5. The molecule has 0 aliphatic heterocycles.